The van der Waals surface area contributed by atoms with Crippen LogP contribution in [0.3, 0.4) is 0 Å². The minimum absolute atomic E-state index is 0.149. The van der Waals surface area contributed by atoms with Gasteiger partial charge in [0.2, 0.25) is 0 Å². The normalized spacial score (nSPS) is 7.07. The van der Waals surface area contributed by atoms with E-state index in [0.29, 0.717) is 0 Å². The summed E-state index contributed by atoms with van der Waals surface area (Å²) in [5.74, 6) is 0. The summed E-state index contributed by atoms with van der Waals surface area (Å²) in [5, 5.41) is 14.7. The fraction of sp³-hybridized carbons (Fsp3) is 0.800. The summed E-state index contributed by atoms with van der Waals surface area (Å²) in [5.41, 5.74) is 0. The SMILES string of the molecule is CCC[CH2][Sn][CH2]CCC.N=C=S.N=C=S. The smallest absolute Gasteiger partial charge is 0.0554 e. The van der Waals surface area contributed by atoms with Crippen LogP contribution in [0.15, 0.2) is 0 Å². The van der Waals surface area contributed by atoms with Gasteiger partial charge in [-0.1, -0.05) is 0 Å². The van der Waals surface area contributed by atoms with Crippen LogP contribution in [0.25, 0.3) is 0 Å². The van der Waals surface area contributed by atoms with Crippen LogP contribution in [-0.2, 0) is 0 Å². The van der Waals surface area contributed by atoms with E-state index in [0.717, 1.165) is 0 Å². The predicted molar refractivity (Wildman–Crippen MR) is 75.8 cm³/mol. The number of thiocarbonyl (C=S) groups is 2. The van der Waals surface area contributed by atoms with Crippen molar-refractivity contribution < 1.29 is 0 Å². The second-order valence-electron chi connectivity index (χ2n) is 2.66. The maximum Gasteiger partial charge on any atom is 0.0554 e. The van der Waals surface area contributed by atoms with Crippen molar-refractivity contribution in [1.82, 2.24) is 0 Å². The number of nitrogens with one attached hydrogen (secondary N) is 2. The van der Waals surface area contributed by atoms with E-state index in [2.05, 4.69) is 38.3 Å². The van der Waals surface area contributed by atoms with Crippen molar-refractivity contribution in [2.45, 2.75) is 48.4 Å². The molecule has 2 nitrogen and oxygen atoms in total. The summed E-state index contributed by atoms with van der Waals surface area (Å²) in [6, 6.07) is 0. The zero-order valence-electron chi connectivity index (χ0n) is 9.56. The molecule has 2 N–H and O–H groups in total. The first-order chi connectivity index (χ1) is 7.24. The average Bonchev–Trinajstić information content (AvgIpc) is 2.20. The van der Waals surface area contributed by atoms with Crippen LogP contribution in [0.2, 0.25) is 8.87 Å². The minimum atomic E-state index is 0.149. The average molecular weight is 351 g/mol. The van der Waals surface area contributed by atoms with Gasteiger partial charge < -0.3 is 0 Å². The fourth-order valence-corrected chi connectivity index (χ4v) is 4.89. The van der Waals surface area contributed by atoms with Crippen LogP contribution < -0.4 is 0 Å². The van der Waals surface area contributed by atoms with Gasteiger partial charge in [-0.05, 0) is 24.4 Å². The first kappa shape index (κ1) is 20.8. The van der Waals surface area contributed by atoms with Gasteiger partial charge in [-0.25, -0.2) is 10.8 Å². The van der Waals surface area contributed by atoms with Crippen LogP contribution in [0.4, 0.5) is 0 Å². The summed E-state index contributed by atoms with van der Waals surface area (Å²) in [7, 11) is 0. The Morgan fingerprint density at radius 2 is 1.20 bits per heavy atom. The van der Waals surface area contributed by atoms with Crippen molar-refractivity contribution >= 4 is 55.9 Å². The summed E-state index contributed by atoms with van der Waals surface area (Å²) >= 11 is 7.77. The van der Waals surface area contributed by atoms with Gasteiger partial charge in [0.05, 0.1) is 10.3 Å². The first-order valence-electron chi connectivity index (χ1n) is 5.03. The van der Waals surface area contributed by atoms with Gasteiger partial charge in [0.15, 0.2) is 0 Å². The molecule has 0 rings (SSSR count). The number of isothiocyanates is 2. The Bertz CT molecular complexity index is 145. The molecule has 0 unspecified atom stereocenters. The van der Waals surface area contributed by atoms with Crippen LogP contribution in [0.1, 0.15) is 39.5 Å². The molecule has 0 saturated carbocycles. The van der Waals surface area contributed by atoms with Crippen molar-refractivity contribution in [2.75, 3.05) is 0 Å². The van der Waals surface area contributed by atoms with Gasteiger partial charge in [0.25, 0.3) is 0 Å². The number of unbranched alkanes of at least 4 members (excludes halogenated alkanes) is 2. The van der Waals surface area contributed by atoms with Crippen LogP contribution in [-0.4, -0.2) is 31.5 Å². The Hall–Kier alpha value is 0.399. The third-order valence-electron chi connectivity index (χ3n) is 1.41. The maximum atomic E-state index is 5.77. The van der Waals surface area contributed by atoms with Gasteiger partial charge in [-0.15, -0.1) is 0 Å². The zero-order valence-corrected chi connectivity index (χ0v) is 14.0. The molecule has 0 bridgehead atoms. The number of rotatable bonds is 6. The third kappa shape index (κ3) is 54.1. The van der Waals surface area contributed by atoms with Crippen LogP contribution >= 0.6 is 24.4 Å². The summed E-state index contributed by atoms with van der Waals surface area (Å²) in [6.45, 7) is 4.58. The summed E-state index contributed by atoms with van der Waals surface area (Å²) in [4.78, 5) is 0. The molecule has 0 amide bonds. The molecule has 0 aliphatic rings. The van der Waals surface area contributed by atoms with E-state index in [4.69, 9.17) is 10.8 Å². The quantitative estimate of drug-likeness (QED) is 0.321. The molecule has 0 heterocycles. The van der Waals surface area contributed by atoms with Gasteiger partial charge in [0, 0.05) is 0 Å². The Kier molecular flexibility index (Phi) is 40.5. The monoisotopic (exact) mass is 352 g/mol. The van der Waals surface area contributed by atoms with E-state index >= 15 is 0 Å². The molecule has 0 fully saturated rings. The van der Waals surface area contributed by atoms with E-state index in [9.17, 15) is 0 Å². The second kappa shape index (κ2) is 29.3. The Morgan fingerprint density at radius 1 is 0.933 bits per heavy atom. The van der Waals surface area contributed by atoms with E-state index in [-0.39, 0.29) is 21.1 Å². The molecule has 15 heavy (non-hydrogen) atoms. The standard InChI is InChI=1S/2C4H9.2CHNS.Sn/c2*1-3-4-2;2*2-1-3;/h2*1,3-4H2,2H3;2*2H;. The molecule has 0 saturated heterocycles. The maximum absolute atomic E-state index is 5.77. The van der Waals surface area contributed by atoms with Crippen LogP contribution in [0, 0.1) is 10.8 Å². The van der Waals surface area contributed by atoms with Crippen molar-refractivity contribution in [2.24, 2.45) is 0 Å². The molecular formula is C10H20N2S2Sn. The molecule has 0 atom stereocenters. The Morgan fingerprint density at radius 3 is 1.40 bits per heavy atom. The van der Waals surface area contributed by atoms with Crippen molar-refractivity contribution in [1.29, 1.82) is 10.8 Å². The van der Waals surface area contributed by atoms with Crippen molar-refractivity contribution in [3.63, 3.8) is 0 Å². The molecule has 0 aliphatic carbocycles. The Labute approximate surface area is 114 Å². The third-order valence-corrected chi connectivity index (χ3v) is 5.45. The molecular weight excluding hydrogens is 331 g/mol. The summed E-state index contributed by atoms with van der Waals surface area (Å²) in [6.07, 6.45) is 5.84. The van der Waals surface area contributed by atoms with Crippen molar-refractivity contribution in [3.05, 3.63) is 0 Å². The van der Waals surface area contributed by atoms with Gasteiger partial charge in [-0.3, -0.25) is 0 Å². The molecule has 5 heteroatoms. The largest absolute Gasteiger partial charge is 0.248 e. The van der Waals surface area contributed by atoms with E-state index < -0.39 is 0 Å². The number of hydrogen-bond acceptors (Lipinski definition) is 4. The Balaban J connectivity index is -0.000000200. The van der Waals surface area contributed by atoms with E-state index in [1.165, 1.54) is 25.7 Å². The predicted octanol–water partition coefficient (Wildman–Crippen LogP) is 4.46. The molecule has 0 aromatic rings. The van der Waals surface area contributed by atoms with E-state index in [1.54, 1.807) is 19.2 Å². The molecule has 0 aromatic carbocycles. The summed E-state index contributed by atoms with van der Waals surface area (Å²) < 4.78 is 3.25. The molecule has 0 aliphatic heterocycles. The van der Waals surface area contributed by atoms with Crippen molar-refractivity contribution in [3.8, 4) is 0 Å². The number of hydrogen-bond donors (Lipinski definition) is 2. The minimum Gasteiger partial charge on any atom is -0.248 e. The zero-order chi connectivity index (χ0) is 12.4. The van der Waals surface area contributed by atoms with Gasteiger partial charge in [-0.2, -0.15) is 0 Å². The molecule has 86 valence electrons. The van der Waals surface area contributed by atoms with Gasteiger partial charge >= 0.3 is 69.5 Å². The second-order valence-corrected chi connectivity index (χ2v) is 7.35. The molecule has 2 radical (unpaired) electrons. The van der Waals surface area contributed by atoms with Crippen LogP contribution in [0.5, 0.6) is 0 Å². The fourth-order valence-electron chi connectivity index (χ4n) is 0.729. The molecule has 0 aromatic heterocycles. The molecule has 0 spiro atoms. The topological polar surface area (TPSA) is 47.7 Å². The first-order valence-corrected chi connectivity index (χ1v) is 9.88. The van der Waals surface area contributed by atoms with Gasteiger partial charge in [0.1, 0.15) is 0 Å². The van der Waals surface area contributed by atoms with E-state index in [1.807, 2.05) is 0 Å².